The third kappa shape index (κ3) is 0.621. The molecule has 0 saturated heterocycles. The lowest BCUT2D eigenvalue weighted by molar-refractivity contribution is 1.32. The summed E-state index contributed by atoms with van der Waals surface area (Å²) in [6, 6.07) is 7.92. The number of hydrogen-bond acceptors (Lipinski definition) is 2. The van der Waals surface area contributed by atoms with Crippen molar-refractivity contribution in [1.29, 1.82) is 5.26 Å². The van der Waals surface area contributed by atoms with Gasteiger partial charge in [-0.3, -0.25) is 0 Å². The summed E-state index contributed by atoms with van der Waals surface area (Å²) in [4.78, 5) is 2.43. The first-order chi connectivity index (χ1) is 4.42. The van der Waals surface area contributed by atoms with Gasteiger partial charge >= 0.3 is 0 Å². The van der Waals surface area contributed by atoms with Crippen molar-refractivity contribution >= 4 is 11.8 Å². The molecule has 0 spiro atoms. The molecule has 0 atom stereocenters. The van der Waals surface area contributed by atoms with Crippen molar-refractivity contribution in [1.82, 2.24) is 0 Å². The van der Waals surface area contributed by atoms with Crippen LogP contribution in [0.5, 0.6) is 0 Å². The van der Waals surface area contributed by atoms with Crippen LogP contribution >= 0.6 is 11.8 Å². The van der Waals surface area contributed by atoms with Crippen molar-refractivity contribution in [2.75, 3.05) is 0 Å². The van der Waals surface area contributed by atoms with Crippen molar-refractivity contribution in [2.45, 2.75) is 9.79 Å². The van der Waals surface area contributed by atoms with Crippen LogP contribution in [0.3, 0.4) is 0 Å². The predicted octanol–water partition coefficient (Wildman–Crippen LogP) is 2.02. The molecule has 1 nitrogen and oxygen atoms in total. The van der Waals surface area contributed by atoms with E-state index >= 15 is 0 Å². The first kappa shape index (κ1) is 4.89. The lowest BCUT2D eigenvalue weighted by Gasteiger charge is -1.77. The fraction of sp³-hybridized carbons (Fsp3) is 0. The fourth-order valence-electron chi connectivity index (χ4n) is 0.777. The topological polar surface area (TPSA) is 23.8 Å². The van der Waals surface area contributed by atoms with Gasteiger partial charge in [-0.15, -0.1) is 0 Å². The third-order valence-electron chi connectivity index (χ3n) is 1.27. The van der Waals surface area contributed by atoms with Crippen LogP contribution in [0.4, 0.5) is 0 Å². The number of nitrogens with zero attached hydrogens (tertiary/aromatic N) is 1. The van der Waals surface area contributed by atoms with Crippen LogP contribution < -0.4 is 0 Å². The van der Waals surface area contributed by atoms with E-state index in [0.717, 1.165) is 5.56 Å². The zero-order valence-electron chi connectivity index (χ0n) is 4.59. The normalized spacial score (nSPS) is 11.9. The number of rotatable bonds is 0. The van der Waals surface area contributed by atoms with E-state index in [4.69, 9.17) is 5.26 Å². The van der Waals surface area contributed by atoms with Gasteiger partial charge in [0.2, 0.25) is 0 Å². The van der Waals surface area contributed by atoms with Gasteiger partial charge in [0, 0.05) is 9.79 Å². The van der Waals surface area contributed by atoms with Crippen LogP contribution in [-0.2, 0) is 0 Å². The Morgan fingerprint density at radius 2 is 2.33 bits per heavy atom. The van der Waals surface area contributed by atoms with E-state index in [2.05, 4.69) is 6.07 Å². The average molecular weight is 133 g/mol. The number of fused-ring (bicyclic) bond motifs is 1. The molecule has 2 heteroatoms. The van der Waals surface area contributed by atoms with Crippen molar-refractivity contribution in [3.05, 3.63) is 23.8 Å². The summed E-state index contributed by atoms with van der Waals surface area (Å²) in [6.07, 6.45) is 0. The minimum atomic E-state index is 0.817. The van der Waals surface area contributed by atoms with Crippen LogP contribution in [-0.4, -0.2) is 0 Å². The summed E-state index contributed by atoms with van der Waals surface area (Å²) < 4.78 is 0. The molecular weight excluding hydrogens is 130 g/mol. The first-order valence-corrected chi connectivity index (χ1v) is 3.44. The van der Waals surface area contributed by atoms with Crippen LogP contribution in [0.25, 0.3) is 0 Å². The number of benzene rings is 1. The zero-order chi connectivity index (χ0) is 6.27. The molecule has 9 heavy (non-hydrogen) atoms. The molecule has 0 radical (unpaired) electrons. The maximum absolute atomic E-state index is 8.49. The summed E-state index contributed by atoms with van der Waals surface area (Å²) in [7, 11) is 0. The molecule has 1 aromatic carbocycles. The highest BCUT2D eigenvalue weighted by Gasteiger charge is 2.20. The Hall–Kier alpha value is -0.940. The molecule has 0 fully saturated rings. The van der Waals surface area contributed by atoms with E-state index in [1.807, 2.05) is 18.2 Å². The molecule has 1 heterocycles. The number of nitriles is 1. The zero-order valence-corrected chi connectivity index (χ0v) is 5.40. The van der Waals surface area contributed by atoms with Crippen molar-refractivity contribution in [2.24, 2.45) is 0 Å². The van der Waals surface area contributed by atoms with E-state index < -0.39 is 0 Å². The highest BCUT2D eigenvalue weighted by molar-refractivity contribution is 8.05. The van der Waals surface area contributed by atoms with Crippen LogP contribution in [0.1, 0.15) is 5.56 Å². The third-order valence-corrected chi connectivity index (χ3v) is 2.27. The maximum atomic E-state index is 8.49. The van der Waals surface area contributed by atoms with Crippen LogP contribution in [0, 0.1) is 11.3 Å². The highest BCUT2D eigenvalue weighted by atomic mass is 32.2. The molecule has 1 aliphatic heterocycles. The Morgan fingerprint density at radius 3 is 3.00 bits per heavy atom. The van der Waals surface area contributed by atoms with Gasteiger partial charge in [0.05, 0.1) is 5.56 Å². The molecule has 0 amide bonds. The summed E-state index contributed by atoms with van der Waals surface area (Å²) in [5, 5.41) is 8.49. The fourth-order valence-corrected chi connectivity index (χ4v) is 1.49. The quantitative estimate of drug-likeness (QED) is 0.513. The average Bonchev–Trinajstić information content (AvgIpc) is 2.64. The molecule has 1 aromatic rings. The second-order valence-corrected chi connectivity index (χ2v) is 2.90. The predicted molar refractivity (Wildman–Crippen MR) is 35.3 cm³/mol. The highest BCUT2D eigenvalue weighted by Crippen LogP contribution is 2.49. The van der Waals surface area contributed by atoms with Crippen LogP contribution in [0.2, 0.25) is 0 Å². The lowest BCUT2D eigenvalue weighted by atomic mass is 10.2. The summed E-state index contributed by atoms with van der Waals surface area (Å²) in [6.45, 7) is 0. The molecular formula is C7H3NS. The Morgan fingerprint density at radius 1 is 1.44 bits per heavy atom. The van der Waals surface area contributed by atoms with Gasteiger partial charge in [0.15, 0.2) is 0 Å². The second kappa shape index (κ2) is 1.52. The van der Waals surface area contributed by atoms with Gasteiger partial charge in [0.25, 0.3) is 0 Å². The molecule has 0 aliphatic carbocycles. The monoisotopic (exact) mass is 133 g/mol. The minimum Gasteiger partial charge on any atom is -0.192 e. The van der Waals surface area contributed by atoms with Gasteiger partial charge in [0.1, 0.15) is 6.07 Å². The standard InChI is InChI=1S/C7H3NS/c8-4-5-2-1-3-6-7(5)9-6/h1-3H. The number of hydrogen-bond donors (Lipinski definition) is 0. The molecule has 1 aliphatic rings. The van der Waals surface area contributed by atoms with Gasteiger partial charge in [-0.1, -0.05) is 17.8 Å². The van der Waals surface area contributed by atoms with Gasteiger partial charge in [-0.25, -0.2) is 0 Å². The van der Waals surface area contributed by atoms with Crippen molar-refractivity contribution < 1.29 is 0 Å². The van der Waals surface area contributed by atoms with E-state index in [1.165, 1.54) is 9.79 Å². The molecule has 2 rings (SSSR count). The van der Waals surface area contributed by atoms with E-state index in [-0.39, 0.29) is 0 Å². The van der Waals surface area contributed by atoms with E-state index in [0.29, 0.717) is 0 Å². The minimum absolute atomic E-state index is 0.817. The SMILES string of the molecule is N#Cc1cccc2c1S2. The van der Waals surface area contributed by atoms with Crippen LogP contribution in [0.15, 0.2) is 28.0 Å². The molecule has 42 valence electrons. The summed E-state index contributed by atoms with van der Waals surface area (Å²) in [5.41, 5.74) is 0.817. The Kier molecular flexibility index (Phi) is 0.827. The molecule has 0 unspecified atom stereocenters. The summed E-state index contributed by atoms with van der Waals surface area (Å²) in [5.74, 6) is 0. The summed E-state index contributed by atoms with van der Waals surface area (Å²) >= 11 is 1.69. The molecule has 0 aromatic heterocycles. The lowest BCUT2D eigenvalue weighted by Crippen LogP contribution is -1.66. The van der Waals surface area contributed by atoms with Gasteiger partial charge in [-0.2, -0.15) is 5.26 Å². The van der Waals surface area contributed by atoms with E-state index in [1.54, 1.807) is 11.8 Å². The van der Waals surface area contributed by atoms with Crippen molar-refractivity contribution in [3.8, 4) is 6.07 Å². The Bertz CT molecular complexity index is 298. The smallest absolute Gasteiger partial charge is 0.100 e. The molecule has 0 saturated carbocycles. The van der Waals surface area contributed by atoms with Crippen molar-refractivity contribution in [3.63, 3.8) is 0 Å². The van der Waals surface area contributed by atoms with Gasteiger partial charge < -0.3 is 0 Å². The molecule has 0 N–H and O–H groups in total. The van der Waals surface area contributed by atoms with Gasteiger partial charge in [-0.05, 0) is 12.1 Å². The molecule has 0 bridgehead atoms. The second-order valence-electron chi connectivity index (χ2n) is 1.85. The largest absolute Gasteiger partial charge is 0.192 e. The Balaban J connectivity index is 2.67. The first-order valence-electron chi connectivity index (χ1n) is 2.63. The Labute approximate surface area is 57.3 Å². The van der Waals surface area contributed by atoms with E-state index in [9.17, 15) is 0 Å². The maximum Gasteiger partial charge on any atom is 0.100 e.